The van der Waals surface area contributed by atoms with Gasteiger partial charge in [-0.1, -0.05) is 6.07 Å². The first-order valence-electron chi connectivity index (χ1n) is 10.7. The second kappa shape index (κ2) is 8.37. The Bertz CT molecular complexity index is 1340. The van der Waals surface area contributed by atoms with Crippen LogP contribution in [0.25, 0.3) is 11.0 Å². The van der Waals surface area contributed by atoms with E-state index in [1.807, 2.05) is 0 Å². The Kier molecular flexibility index (Phi) is 5.95. The van der Waals surface area contributed by atoms with Crippen molar-refractivity contribution < 1.29 is 30.8 Å². The van der Waals surface area contributed by atoms with Crippen molar-refractivity contribution in [2.75, 3.05) is 13.1 Å². The van der Waals surface area contributed by atoms with Gasteiger partial charge in [0.25, 0.3) is 5.91 Å². The summed E-state index contributed by atoms with van der Waals surface area (Å²) in [6, 6.07) is 7.72. The molecule has 0 atom stereocenters. The zero-order chi connectivity index (χ0) is 24.9. The molecule has 11 heteroatoms. The molecule has 1 aliphatic heterocycles. The van der Waals surface area contributed by atoms with Gasteiger partial charge in [0.1, 0.15) is 5.82 Å². The minimum atomic E-state index is -4.65. The first-order chi connectivity index (χ1) is 15.8. The maximum absolute atomic E-state index is 13.4. The fraction of sp³-hybridized carbons (Fsp3) is 0.391. The molecule has 0 bridgehead atoms. The summed E-state index contributed by atoms with van der Waals surface area (Å²) in [5, 5.41) is 0. The van der Waals surface area contributed by atoms with Gasteiger partial charge in [-0.15, -0.1) is 0 Å². The molecule has 1 aliphatic rings. The zero-order valence-electron chi connectivity index (χ0n) is 18.5. The number of piperidine rings is 1. The maximum atomic E-state index is 13.4. The van der Waals surface area contributed by atoms with Crippen molar-refractivity contribution in [2.24, 2.45) is 5.92 Å². The van der Waals surface area contributed by atoms with Crippen molar-refractivity contribution in [1.29, 1.82) is 0 Å². The van der Waals surface area contributed by atoms with Gasteiger partial charge in [0.05, 0.1) is 26.2 Å². The van der Waals surface area contributed by atoms with Crippen LogP contribution in [0.15, 0.2) is 47.4 Å². The number of benzene rings is 2. The number of aromatic nitrogens is 2. The number of likely N-dealkylation sites (tertiary alicyclic amines) is 1. The Morgan fingerprint density at radius 3 is 2.41 bits per heavy atom. The second-order valence-corrected chi connectivity index (χ2v) is 11.5. The summed E-state index contributed by atoms with van der Waals surface area (Å²) in [6.07, 6.45) is -3.94. The number of H-pyrrole nitrogens is 1. The normalized spacial score (nSPS) is 16.2. The average molecular weight is 498 g/mol. The van der Waals surface area contributed by atoms with Crippen LogP contribution in [0.2, 0.25) is 0 Å². The largest absolute Gasteiger partial charge is 0.416 e. The van der Waals surface area contributed by atoms with Crippen LogP contribution in [0, 0.1) is 11.7 Å². The Balaban J connectivity index is 1.49. The molecular formula is C23H23F4N3O3S. The van der Waals surface area contributed by atoms with Crippen LogP contribution in [-0.2, 0) is 16.0 Å². The number of imidazole rings is 1. The van der Waals surface area contributed by atoms with Gasteiger partial charge in [-0.3, -0.25) is 4.79 Å². The SMILES string of the molecule is CC(C)(C1CCN(C(=O)c2nc3ccc(F)cc3[nH]2)CC1)S(=O)(=O)c1cccc(C(F)(F)F)c1. The number of carbonyl (C=O) groups excluding carboxylic acids is 1. The van der Waals surface area contributed by atoms with Gasteiger partial charge in [-0.25, -0.2) is 17.8 Å². The summed E-state index contributed by atoms with van der Waals surface area (Å²) < 4.78 is 78.0. The van der Waals surface area contributed by atoms with Crippen molar-refractivity contribution >= 4 is 26.8 Å². The molecule has 0 radical (unpaired) electrons. The highest BCUT2D eigenvalue weighted by Crippen LogP contribution is 2.39. The standard InChI is InChI=1S/C23H23F4N3O3S/c1-22(2,34(32,33)17-5-3-4-15(12-17)23(25,26)27)14-8-10-30(11-9-14)21(31)20-28-18-7-6-16(24)13-19(18)29-20/h3-7,12-14H,8-11H2,1-2H3,(H,28,29). The van der Waals surface area contributed by atoms with E-state index in [0.29, 0.717) is 29.9 Å². The van der Waals surface area contributed by atoms with Crippen LogP contribution in [0.3, 0.4) is 0 Å². The van der Waals surface area contributed by atoms with Gasteiger partial charge in [0.15, 0.2) is 15.7 Å². The van der Waals surface area contributed by atoms with E-state index in [0.717, 1.165) is 12.1 Å². The van der Waals surface area contributed by atoms with Gasteiger partial charge in [0.2, 0.25) is 0 Å². The number of fused-ring (bicyclic) bond motifs is 1. The summed E-state index contributed by atoms with van der Waals surface area (Å²) in [5.74, 6) is -1.15. The number of aromatic amines is 1. The number of nitrogens with zero attached hydrogens (tertiary/aromatic N) is 2. The summed E-state index contributed by atoms with van der Waals surface area (Å²) >= 11 is 0. The van der Waals surface area contributed by atoms with Crippen molar-refractivity contribution in [3.05, 3.63) is 59.7 Å². The molecule has 1 amide bonds. The number of hydrogen-bond donors (Lipinski definition) is 1. The Labute approximate surface area is 193 Å². The van der Waals surface area contributed by atoms with Gasteiger partial charge >= 0.3 is 6.18 Å². The van der Waals surface area contributed by atoms with Crippen LogP contribution in [0.1, 0.15) is 42.9 Å². The third kappa shape index (κ3) is 4.28. The summed E-state index contributed by atoms with van der Waals surface area (Å²) in [4.78, 5) is 21.0. The molecule has 4 rings (SSSR count). The van der Waals surface area contributed by atoms with Crippen molar-refractivity contribution in [3.63, 3.8) is 0 Å². The van der Waals surface area contributed by atoms with Gasteiger partial charge in [0, 0.05) is 13.1 Å². The van der Waals surface area contributed by atoms with Crippen LogP contribution in [0.4, 0.5) is 17.6 Å². The molecule has 0 spiro atoms. The molecule has 182 valence electrons. The smallest absolute Gasteiger partial charge is 0.336 e. The lowest BCUT2D eigenvalue weighted by molar-refractivity contribution is -0.137. The quantitative estimate of drug-likeness (QED) is 0.524. The number of rotatable bonds is 4. The van der Waals surface area contributed by atoms with E-state index in [-0.39, 0.29) is 35.6 Å². The molecular weight excluding hydrogens is 474 g/mol. The zero-order valence-corrected chi connectivity index (χ0v) is 19.3. The van der Waals surface area contributed by atoms with Crippen LogP contribution < -0.4 is 0 Å². The fourth-order valence-corrected chi connectivity index (χ4v) is 6.20. The van der Waals surface area contributed by atoms with E-state index in [4.69, 9.17) is 0 Å². The molecule has 2 aromatic carbocycles. The molecule has 0 aliphatic carbocycles. The lowest BCUT2D eigenvalue weighted by atomic mass is 9.86. The van der Waals surface area contributed by atoms with Crippen molar-refractivity contribution in [1.82, 2.24) is 14.9 Å². The minimum absolute atomic E-state index is 0.0647. The molecule has 1 fully saturated rings. The van der Waals surface area contributed by atoms with E-state index in [2.05, 4.69) is 9.97 Å². The third-order valence-corrected chi connectivity index (χ3v) is 9.17. The molecule has 1 N–H and O–H groups in total. The molecule has 3 aromatic rings. The molecule has 0 unspecified atom stereocenters. The van der Waals surface area contributed by atoms with Gasteiger partial charge in [-0.2, -0.15) is 13.2 Å². The number of alkyl halides is 3. The summed E-state index contributed by atoms with van der Waals surface area (Å²) in [7, 11) is -4.09. The number of carbonyl (C=O) groups is 1. The Morgan fingerprint density at radius 1 is 1.09 bits per heavy atom. The highest BCUT2D eigenvalue weighted by Gasteiger charge is 2.45. The highest BCUT2D eigenvalue weighted by atomic mass is 32.2. The molecule has 6 nitrogen and oxygen atoms in total. The van der Waals surface area contributed by atoms with Crippen molar-refractivity contribution in [3.8, 4) is 0 Å². The highest BCUT2D eigenvalue weighted by molar-refractivity contribution is 7.92. The first kappa shape index (κ1) is 24.2. The Morgan fingerprint density at radius 2 is 1.76 bits per heavy atom. The average Bonchev–Trinajstić information content (AvgIpc) is 3.21. The number of hydrogen-bond acceptors (Lipinski definition) is 4. The predicted octanol–water partition coefficient (Wildman–Crippen LogP) is 4.83. The van der Waals surface area contributed by atoms with Crippen LogP contribution in [-0.4, -0.2) is 47.0 Å². The number of halogens is 4. The summed E-state index contributed by atoms with van der Waals surface area (Å²) in [5.41, 5.74) is -0.171. The fourth-order valence-electron chi connectivity index (χ4n) is 4.37. The van der Waals surface area contributed by atoms with Crippen LogP contribution >= 0.6 is 0 Å². The summed E-state index contributed by atoms with van der Waals surface area (Å²) in [6.45, 7) is 3.55. The molecule has 1 aromatic heterocycles. The maximum Gasteiger partial charge on any atom is 0.416 e. The molecule has 1 saturated heterocycles. The van der Waals surface area contributed by atoms with Crippen LogP contribution in [0.5, 0.6) is 0 Å². The van der Waals surface area contributed by atoms with E-state index in [1.54, 1.807) is 0 Å². The topological polar surface area (TPSA) is 83.1 Å². The lowest BCUT2D eigenvalue weighted by Crippen LogP contribution is -2.47. The minimum Gasteiger partial charge on any atom is -0.336 e. The number of amides is 1. The third-order valence-electron chi connectivity index (χ3n) is 6.58. The molecule has 0 saturated carbocycles. The number of nitrogens with one attached hydrogen (secondary N) is 1. The molecule has 2 heterocycles. The van der Waals surface area contributed by atoms with E-state index in [9.17, 15) is 30.8 Å². The number of sulfone groups is 1. The monoisotopic (exact) mass is 497 g/mol. The van der Waals surface area contributed by atoms with E-state index in [1.165, 1.54) is 43.0 Å². The van der Waals surface area contributed by atoms with E-state index >= 15 is 0 Å². The molecule has 34 heavy (non-hydrogen) atoms. The van der Waals surface area contributed by atoms with Crippen molar-refractivity contribution in [2.45, 2.75) is 42.5 Å². The first-order valence-corrected chi connectivity index (χ1v) is 12.2. The predicted molar refractivity (Wildman–Crippen MR) is 117 cm³/mol. The van der Waals surface area contributed by atoms with E-state index < -0.39 is 32.1 Å². The Hall–Kier alpha value is -2.95. The van der Waals surface area contributed by atoms with Gasteiger partial charge in [-0.05, 0) is 69.0 Å². The van der Waals surface area contributed by atoms with Gasteiger partial charge < -0.3 is 9.88 Å². The second-order valence-electron chi connectivity index (χ2n) is 8.95. The lowest BCUT2D eigenvalue weighted by Gasteiger charge is -2.40.